The third-order valence-corrected chi connectivity index (χ3v) is 4.78. The fourth-order valence-corrected chi connectivity index (χ4v) is 3.53. The van der Waals surface area contributed by atoms with Crippen LogP contribution in [0.4, 0.5) is 5.13 Å². The number of nitrogens with one attached hydrogen (secondary N) is 1. The normalized spacial score (nSPS) is 11.0. The Kier molecular flexibility index (Phi) is 4.78. The number of anilines is 1. The van der Waals surface area contributed by atoms with E-state index >= 15 is 0 Å². The molecule has 3 aromatic rings. The summed E-state index contributed by atoms with van der Waals surface area (Å²) in [7, 11) is 0. The van der Waals surface area contributed by atoms with Crippen LogP contribution in [0.2, 0.25) is 5.22 Å². The predicted octanol–water partition coefficient (Wildman–Crippen LogP) is 5.14. The molecule has 1 amide bonds. The minimum atomic E-state index is -0.362. The molecule has 3 rings (SSSR count). The van der Waals surface area contributed by atoms with Crippen molar-refractivity contribution in [1.82, 2.24) is 9.55 Å². The second-order valence-electron chi connectivity index (χ2n) is 5.53. The summed E-state index contributed by atoms with van der Waals surface area (Å²) in [5.41, 5.74) is 4.37. The summed E-state index contributed by atoms with van der Waals surface area (Å²) >= 11 is 7.07. The predicted molar refractivity (Wildman–Crippen MR) is 97.0 cm³/mol. The quantitative estimate of drug-likeness (QED) is 0.682. The molecule has 0 spiro atoms. The molecule has 0 bridgehead atoms. The highest BCUT2D eigenvalue weighted by Crippen LogP contribution is 2.30. The molecule has 3 heterocycles. The van der Waals surface area contributed by atoms with Gasteiger partial charge in [-0.05, 0) is 50.1 Å². The summed E-state index contributed by atoms with van der Waals surface area (Å²) in [5, 5.41) is 5.40. The molecule has 0 unspecified atom stereocenters. The fourth-order valence-electron chi connectivity index (χ4n) is 2.68. The van der Waals surface area contributed by atoms with E-state index in [4.69, 9.17) is 16.0 Å². The Labute approximate surface area is 149 Å². The molecule has 0 saturated carbocycles. The molecule has 0 fully saturated rings. The molecule has 0 aliphatic heterocycles. The highest BCUT2D eigenvalue weighted by molar-refractivity contribution is 7.14. The van der Waals surface area contributed by atoms with Gasteiger partial charge in [0.25, 0.3) is 5.91 Å². The number of rotatable bonds is 5. The Morgan fingerprint density at radius 1 is 1.42 bits per heavy atom. The van der Waals surface area contributed by atoms with Gasteiger partial charge in [-0.3, -0.25) is 10.1 Å². The first-order chi connectivity index (χ1) is 11.5. The lowest BCUT2D eigenvalue weighted by molar-refractivity contribution is 0.0997. The molecule has 5 nitrogen and oxygen atoms in total. The van der Waals surface area contributed by atoms with Crippen LogP contribution in [-0.2, 0) is 6.54 Å². The van der Waals surface area contributed by atoms with Crippen molar-refractivity contribution in [3.8, 4) is 11.3 Å². The van der Waals surface area contributed by atoms with Crippen molar-refractivity contribution >= 4 is 34.0 Å². The first-order valence-electron chi connectivity index (χ1n) is 7.69. The Morgan fingerprint density at radius 2 is 2.21 bits per heavy atom. The molecule has 0 saturated heterocycles. The van der Waals surface area contributed by atoms with Crippen LogP contribution in [0.5, 0.6) is 0 Å². The number of carbonyl (C=O) groups is 1. The summed E-state index contributed by atoms with van der Waals surface area (Å²) in [5.74, 6) is -0.197. The van der Waals surface area contributed by atoms with Gasteiger partial charge in [-0.2, -0.15) is 0 Å². The number of thiazole rings is 1. The Hall–Kier alpha value is -2.05. The lowest BCUT2D eigenvalue weighted by atomic mass is 10.2. The zero-order chi connectivity index (χ0) is 17.3. The van der Waals surface area contributed by atoms with Gasteiger partial charge in [0.2, 0.25) is 0 Å². The van der Waals surface area contributed by atoms with Gasteiger partial charge in [0.05, 0.1) is 5.69 Å². The number of hydrogen-bond acceptors (Lipinski definition) is 4. The summed E-state index contributed by atoms with van der Waals surface area (Å²) in [4.78, 5) is 16.6. The molecule has 0 radical (unpaired) electrons. The highest BCUT2D eigenvalue weighted by atomic mass is 35.5. The third-order valence-electron chi connectivity index (χ3n) is 3.82. The molecule has 3 aromatic heterocycles. The van der Waals surface area contributed by atoms with Crippen molar-refractivity contribution in [2.24, 2.45) is 0 Å². The summed E-state index contributed by atoms with van der Waals surface area (Å²) < 4.78 is 7.39. The maximum Gasteiger partial charge on any atom is 0.293 e. The molecule has 126 valence electrons. The standard InChI is InChI=1S/C17H18ClN3O2S/c1-4-7-21-10(2)8-12(11(21)3)13-9-24-17(19-13)20-16(22)14-5-6-15(18)23-14/h5-6,8-9H,4,7H2,1-3H3,(H,19,20,22). The maximum atomic E-state index is 12.1. The second-order valence-corrected chi connectivity index (χ2v) is 6.76. The van der Waals surface area contributed by atoms with Crippen LogP contribution >= 0.6 is 22.9 Å². The van der Waals surface area contributed by atoms with E-state index in [9.17, 15) is 4.79 Å². The number of nitrogens with zero attached hydrogens (tertiary/aromatic N) is 2. The smallest absolute Gasteiger partial charge is 0.293 e. The molecule has 0 atom stereocenters. The second kappa shape index (κ2) is 6.83. The van der Waals surface area contributed by atoms with E-state index in [1.165, 1.54) is 34.9 Å². The Balaban J connectivity index is 1.81. The zero-order valence-electron chi connectivity index (χ0n) is 13.7. The van der Waals surface area contributed by atoms with Gasteiger partial charge in [0.1, 0.15) is 0 Å². The van der Waals surface area contributed by atoms with E-state index in [1.807, 2.05) is 5.38 Å². The number of aryl methyl sites for hydroxylation is 1. The highest BCUT2D eigenvalue weighted by Gasteiger charge is 2.16. The number of hydrogen-bond donors (Lipinski definition) is 1. The zero-order valence-corrected chi connectivity index (χ0v) is 15.3. The molecule has 1 N–H and O–H groups in total. The van der Waals surface area contributed by atoms with E-state index in [-0.39, 0.29) is 16.9 Å². The van der Waals surface area contributed by atoms with Crippen LogP contribution in [0.3, 0.4) is 0 Å². The van der Waals surface area contributed by atoms with Crippen molar-refractivity contribution in [2.45, 2.75) is 33.7 Å². The van der Waals surface area contributed by atoms with Crippen molar-refractivity contribution in [3.63, 3.8) is 0 Å². The number of furan rings is 1. The fraction of sp³-hybridized carbons (Fsp3) is 0.294. The van der Waals surface area contributed by atoms with E-state index in [2.05, 4.69) is 41.7 Å². The van der Waals surface area contributed by atoms with Gasteiger partial charge in [0.15, 0.2) is 16.1 Å². The van der Waals surface area contributed by atoms with E-state index < -0.39 is 0 Å². The van der Waals surface area contributed by atoms with E-state index in [1.54, 1.807) is 0 Å². The average Bonchev–Trinajstić information content (AvgIpc) is 3.23. The lowest BCUT2D eigenvalue weighted by Crippen LogP contribution is -2.10. The van der Waals surface area contributed by atoms with Gasteiger partial charge in [-0.25, -0.2) is 4.98 Å². The summed E-state index contributed by atoms with van der Waals surface area (Å²) in [6.07, 6.45) is 1.08. The Bertz CT molecular complexity index is 878. The molecular weight excluding hydrogens is 346 g/mol. The van der Waals surface area contributed by atoms with Crippen molar-refractivity contribution in [3.05, 3.63) is 45.9 Å². The maximum absolute atomic E-state index is 12.1. The molecule has 24 heavy (non-hydrogen) atoms. The van der Waals surface area contributed by atoms with Crippen LogP contribution in [0.1, 0.15) is 35.3 Å². The summed E-state index contributed by atoms with van der Waals surface area (Å²) in [6.45, 7) is 7.35. The molecule has 0 aromatic carbocycles. The van der Waals surface area contributed by atoms with Gasteiger partial charge in [-0.15, -0.1) is 11.3 Å². The number of aromatic nitrogens is 2. The molecule has 0 aliphatic carbocycles. The summed E-state index contributed by atoms with van der Waals surface area (Å²) in [6, 6.07) is 5.20. The first-order valence-corrected chi connectivity index (χ1v) is 8.94. The average molecular weight is 364 g/mol. The monoisotopic (exact) mass is 363 g/mol. The number of amides is 1. The van der Waals surface area contributed by atoms with Crippen molar-refractivity contribution < 1.29 is 9.21 Å². The largest absolute Gasteiger partial charge is 0.440 e. The SMILES string of the molecule is CCCn1c(C)cc(-c2csc(NC(=O)c3ccc(Cl)o3)n2)c1C. The van der Waals surface area contributed by atoms with Crippen LogP contribution < -0.4 is 5.32 Å². The topological polar surface area (TPSA) is 60.1 Å². The van der Waals surface area contributed by atoms with Gasteiger partial charge < -0.3 is 8.98 Å². The van der Waals surface area contributed by atoms with Crippen LogP contribution in [0.25, 0.3) is 11.3 Å². The molecular formula is C17H18ClN3O2S. The number of halogens is 1. The van der Waals surface area contributed by atoms with Gasteiger partial charge in [0, 0.05) is 28.9 Å². The van der Waals surface area contributed by atoms with Crippen LogP contribution in [0, 0.1) is 13.8 Å². The third kappa shape index (κ3) is 3.25. The van der Waals surface area contributed by atoms with E-state index in [0.717, 1.165) is 24.2 Å². The molecule has 7 heteroatoms. The minimum Gasteiger partial charge on any atom is -0.440 e. The van der Waals surface area contributed by atoms with Crippen LogP contribution in [-0.4, -0.2) is 15.5 Å². The van der Waals surface area contributed by atoms with Crippen molar-refractivity contribution in [1.29, 1.82) is 0 Å². The van der Waals surface area contributed by atoms with Gasteiger partial charge in [-0.1, -0.05) is 6.92 Å². The Morgan fingerprint density at radius 3 is 2.88 bits per heavy atom. The number of carbonyl (C=O) groups excluding carboxylic acids is 1. The minimum absolute atomic E-state index is 0.165. The first kappa shape index (κ1) is 16.8. The van der Waals surface area contributed by atoms with Crippen molar-refractivity contribution in [2.75, 3.05) is 5.32 Å². The van der Waals surface area contributed by atoms with E-state index in [0.29, 0.717) is 5.13 Å². The van der Waals surface area contributed by atoms with Crippen LogP contribution in [0.15, 0.2) is 28.0 Å². The lowest BCUT2D eigenvalue weighted by Gasteiger charge is -2.07. The molecule has 0 aliphatic rings. The van der Waals surface area contributed by atoms with Gasteiger partial charge >= 0.3 is 0 Å².